The van der Waals surface area contributed by atoms with Crippen molar-refractivity contribution >= 4 is 34.1 Å². The molecule has 0 unspecified atom stereocenters. The van der Waals surface area contributed by atoms with Crippen LogP contribution in [-0.2, 0) is 23.5 Å². The molecule has 2 aromatic heterocycles. The molecule has 3 rings (SSSR count). The van der Waals surface area contributed by atoms with E-state index in [0.717, 1.165) is 12.1 Å². The largest absolute Gasteiger partial charge is 0.343 e. The molecule has 0 bridgehead atoms. The number of nitrogens with one attached hydrogen (secondary N) is 1. The van der Waals surface area contributed by atoms with Crippen LogP contribution in [0.2, 0.25) is 0 Å². The highest BCUT2D eigenvalue weighted by molar-refractivity contribution is 7.98. The number of nitrogens with zero attached hydrogens (tertiary/aromatic N) is 4. The highest BCUT2D eigenvalue weighted by Crippen LogP contribution is 2.25. The van der Waals surface area contributed by atoms with Crippen LogP contribution in [-0.4, -0.2) is 32.2 Å². The van der Waals surface area contributed by atoms with Gasteiger partial charge in [-0.25, -0.2) is 14.9 Å². The molecule has 0 radical (unpaired) electrons. The van der Waals surface area contributed by atoms with E-state index in [4.69, 9.17) is 0 Å². The van der Waals surface area contributed by atoms with Crippen molar-refractivity contribution in [3.05, 3.63) is 57.5 Å². The quantitative estimate of drug-likeness (QED) is 0.585. The molecule has 0 atom stereocenters. The van der Waals surface area contributed by atoms with E-state index in [9.17, 15) is 9.59 Å². The molecule has 1 N–H and O–H groups in total. The Labute approximate surface area is 165 Å². The van der Waals surface area contributed by atoms with Crippen LogP contribution in [0.3, 0.4) is 0 Å². The maximum absolute atomic E-state index is 12.1. The first kappa shape index (κ1) is 19.4. The van der Waals surface area contributed by atoms with Crippen molar-refractivity contribution in [2.24, 2.45) is 0 Å². The van der Waals surface area contributed by atoms with Gasteiger partial charge in [0, 0.05) is 31.1 Å². The molecule has 0 fully saturated rings. The van der Waals surface area contributed by atoms with Crippen LogP contribution in [0, 0.1) is 0 Å². The summed E-state index contributed by atoms with van der Waals surface area (Å²) in [4.78, 5) is 29.9. The van der Waals surface area contributed by atoms with Crippen molar-refractivity contribution in [1.29, 1.82) is 0 Å². The zero-order chi connectivity index (χ0) is 19.2. The minimum absolute atomic E-state index is 0.0203. The molecule has 0 aliphatic rings. The fraction of sp³-hybridized carbons (Fsp3) is 0.333. The van der Waals surface area contributed by atoms with E-state index >= 15 is 0 Å². The Morgan fingerprint density at radius 3 is 2.81 bits per heavy atom. The molecule has 2 heterocycles. The van der Waals surface area contributed by atoms with Crippen LogP contribution in [0.5, 0.6) is 0 Å². The smallest absolute Gasteiger partial charge is 0.289 e. The predicted molar refractivity (Wildman–Crippen MR) is 108 cm³/mol. The lowest BCUT2D eigenvalue weighted by molar-refractivity contribution is -0.116. The summed E-state index contributed by atoms with van der Waals surface area (Å²) in [5.74, 6) is 0.565. The summed E-state index contributed by atoms with van der Waals surface area (Å²) in [6.45, 7) is 4.62. The first-order valence-corrected chi connectivity index (χ1v) is 10.5. The summed E-state index contributed by atoms with van der Waals surface area (Å²) >= 11 is 2.91. The molecular formula is C18H21N5O2S2. The molecule has 0 spiro atoms. The molecule has 1 amide bonds. The lowest BCUT2D eigenvalue weighted by Gasteiger charge is -2.14. The summed E-state index contributed by atoms with van der Waals surface area (Å²) in [5, 5.41) is 9.93. The molecule has 0 saturated carbocycles. The standard InChI is InChI=1S/C18H21N5O2S2/c1-3-22(13(2)24)17-19-15(11-26-17)12-27-18-21-20-16(25)23(18)10-9-14-7-5-4-6-8-14/h4-8,11H,3,9-10,12H2,1-2H3,(H,20,25). The number of amides is 1. The summed E-state index contributed by atoms with van der Waals surface area (Å²) in [6, 6.07) is 10.0. The maximum Gasteiger partial charge on any atom is 0.343 e. The van der Waals surface area contributed by atoms with Gasteiger partial charge in [-0.15, -0.1) is 16.4 Å². The average molecular weight is 404 g/mol. The third-order valence-corrected chi connectivity index (χ3v) is 5.93. The number of benzene rings is 1. The Morgan fingerprint density at radius 1 is 1.33 bits per heavy atom. The van der Waals surface area contributed by atoms with Crippen LogP contribution >= 0.6 is 23.1 Å². The highest BCUT2D eigenvalue weighted by Gasteiger charge is 2.15. The average Bonchev–Trinajstić information content (AvgIpc) is 3.26. The van der Waals surface area contributed by atoms with Crippen LogP contribution < -0.4 is 10.6 Å². The van der Waals surface area contributed by atoms with Crippen LogP contribution in [0.1, 0.15) is 25.1 Å². The van der Waals surface area contributed by atoms with Crippen molar-refractivity contribution in [3.8, 4) is 0 Å². The van der Waals surface area contributed by atoms with Gasteiger partial charge in [-0.3, -0.25) is 14.3 Å². The maximum atomic E-state index is 12.1. The van der Waals surface area contributed by atoms with E-state index in [2.05, 4.69) is 15.2 Å². The van der Waals surface area contributed by atoms with Gasteiger partial charge in [-0.2, -0.15) is 0 Å². The van der Waals surface area contributed by atoms with Gasteiger partial charge in [0.05, 0.1) is 5.69 Å². The van der Waals surface area contributed by atoms with Gasteiger partial charge in [0.2, 0.25) is 5.91 Å². The lowest BCUT2D eigenvalue weighted by atomic mass is 10.1. The third-order valence-electron chi connectivity index (χ3n) is 4.01. The molecule has 0 aliphatic heterocycles. The number of thiazole rings is 1. The minimum atomic E-state index is -0.207. The molecule has 27 heavy (non-hydrogen) atoms. The molecular weight excluding hydrogens is 382 g/mol. The van der Waals surface area contributed by atoms with E-state index in [1.165, 1.54) is 35.6 Å². The minimum Gasteiger partial charge on any atom is -0.289 e. The molecule has 3 aromatic rings. The third kappa shape index (κ3) is 4.86. The summed E-state index contributed by atoms with van der Waals surface area (Å²) in [7, 11) is 0. The van der Waals surface area contributed by atoms with E-state index in [1.807, 2.05) is 42.6 Å². The SMILES string of the molecule is CCN(C(C)=O)c1nc(CSc2n[nH]c(=O)n2CCc2ccccc2)cs1. The fourth-order valence-corrected chi connectivity index (χ4v) is 4.52. The molecule has 9 heteroatoms. The first-order chi connectivity index (χ1) is 13.1. The first-order valence-electron chi connectivity index (χ1n) is 8.63. The Morgan fingerprint density at radius 2 is 2.11 bits per heavy atom. The van der Waals surface area contributed by atoms with E-state index in [-0.39, 0.29) is 11.6 Å². The topological polar surface area (TPSA) is 83.9 Å². The Balaban J connectivity index is 1.64. The van der Waals surface area contributed by atoms with Gasteiger partial charge >= 0.3 is 5.69 Å². The van der Waals surface area contributed by atoms with Gasteiger partial charge in [0.15, 0.2) is 10.3 Å². The van der Waals surface area contributed by atoms with Crippen LogP contribution in [0.4, 0.5) is 5.13 Å². The number of aryl methyl sites for hydroxylation is 1. The van der Waals surface area contributed by atoms with E-state index in [1.54, 1.807) is 9.47 Å². The molecule has 142 valence electrons. The predicted octanol–water partition coefficient (Wildman–Crippen LogP) is 2.94. The van der Waals surface area contributed by atoms with Gasteiger partial charge < -0.3 is 0 Å². The van der Waals surface area contributed by atoms with Crippen molar-refractivity contribution in [3.63, 3.8) is 0 Å². The number of carbonyl (C=O) groups excluding carboxylic acids is 1. The van der Waals surface area contributed by atoms with Crippen molar-refractivity contribution in [2.75, 3.05) is 11.4 Å². The number of thioether (sulfide) groups is 1. The van der Waals surface area contributed by atoms with Crippen molar-refractivity contribution < 1.29 is 4.79 Å². The highest BCUT2D eigenvalue weighted by atomic mass is 32.2. The van der Waals surface area contributed by atoms with Crippen LogP contribution in [0.15, 0.2) is 45.7 Å². The number of anilines is 1. The Hall–Kier alpha value is -2.39. The molecule has 7 nitrogen and oxygen atoms in total. The second kappa shape index (κ2) is 9.01. The Bertz CT molecular complexity index is 948. The Kier molecular flexibility index (Phi) is 6.46. The van der Waals surface area contributed by atoms with Gasteiger partial charge in [0.1, 0.15) is 0 Å². The van der Waals surface area contributed by atoms with Gasteiger partial charge in [-0.05, 0) is 18.9 Å². The fourth-order valence-electron chi connectivity index (χ4n) is 2.61. The number of aromatic nitrogens is 4. The molecule has 0 saturated heterocycles. The summed E-state index contributed by atoms with van der Waals surface area (Å²) in [6.07, 6.45) is 0.763. The van der Waals surface area contributed by atoms with Crippen molar-refractivity contribution in [1.82, 2.24) is 19.7 Å². The zero-order valence-corrected chi connectivity index (χ0v) is 16.8. The van der Waals surface area contributed by atoms with E-state index < -0.39 is 0 Å². The second-order valence-corrected chi connectivity index (χ2v) is 7.65. The zero-order valence-electron chi connectivity index (χ0n) is 15.2. The number of H-pyrrole nitrogens is 1. The van der Waals surface area contributed by atoms with Crippen LogP contribution in [0.25, 0.3) is 0 Å². The molecule has 0 aliphatic carbocycles. The number of rotatable bonds is 8. The summed E-state index contributed by atoms with van der Waals surface area (Å²) < 4.78 is 1.65. The number of hydrogen-bond acceptors (Lipinski definition) is 6. The molecule has 1 aromatic carbocycles. The number of hydrogen-bond donors (Lipinski definition) is 1. The normalized spacial score (nSPS) is 10.9. The number of carbonyl (C=O) groups is 1. The monoisotopic (exact) mass is 403 g/mol. The van der Waals surface area contributed by atoms with Gasteiger partial charge in [0.25, 0.3) is 0 Å². The lowest BCUT2D eigenvalue weighted by Crippen LogP contribution is -2.27. The second-order valence-electron chi connectivity index (χ2n) is 5.87. The van der Waals surface area contributed by atoms with E-state index in [0.29, 0.717) is 29.1 Å². The van der Waals surface area contributed by atoms with Crippen molar-refractivity contribution in [2.45, 2.75) is 37.7 Å². The number of aromatic amines is 1. The van der Waals surface area contributed by atoms with Gasteiger partial charge in [-0.1, -0.05) is 42.1 Å². The summed E-state index contributed by atoms with van der Waals surface area (Å²) in [5.41, 5.74) is 1.83.